The number of ketones is 1. The van der Waals surface area contributed by atoms with Gasteiger partial charge >= 0.3 is 0 Å². The smallest absolute Gasteiger partial charge is 0.226 e. The van der Waals surface area contributed by atoms with Crippen LogP contribution in [-0.4, -0.2) is 27.2 Å². The predicted octanol–water partition coefficient (Wildman–Crippen LogP) is 5.31. The van der Waals surface area contributed by atoms with Crippen LogP contribution in [0.5, 0.6) is 5.75 Å². The van der Waals surface area contributed by atoms with Gasteiger partial charge in [0.15, 0.2) is 11.6 Å². The molecule has 1 aliphatic heterocycles. The Labute approximate surface area is 188 Å². The Morgan fingerprint density at radius 3 is 2.50 bits per heavy atom. The van der Waals surface area contributed by atoms with Gasteiger partial charge in [-0.05, 0) is 55.5 Å². The molecule has 3 aromatic rings. The van der Waals surface area contributed by atoms with Crippen LogP contribution in [0.15, 0.2) is 59.8 Å². The summed E-state index contributed by atoms with van der Waals surface area (Å²) in [5.74, 6) is 2.29. The second kappa shape index (κ2) is 7.62. The van der Waals surface area contributed by atoms with E-state index >= 15 is 0 Å². The minimum absolute atomic E-state index is 0.0825. The van der Waals surface area contributed by atoms with E-state index in [9.17, 15) is 4.79 Å². The first-order valence-electron chi connectivity index (χ1n) is 11.1. The molecule has 0 amide bonds. The monoisotopic (exact) mass is 428 g/mol. The fourth-order valence-electron chi connectivity index (χ4n) is 4.66. The average Bonchev–Trinajstić information content (AvgIpc) is 3.16. The number of ether oxygens (including phenoxy) is 1. The number of carbonyl (C=O) groups is 1. The number of Topliss-reactive ketones (excluding diaryl/α,β-unsaturated/α-hetero) is 1. The molecule has 0 radical (unpaired) electrons. The van der Waals surface area contributed by atoms with Gasteiger partial charge in [0.25, 0.3) is 0 Å². The quantitative estimate of drug-likeness (QED) is 0.610. The van der Waals surface area contributed by atoms with Gasteiger partial charge in [0.05, 0.1) is 6.61 Å². The van der Waals surface area contributed by atoms with Crippen LogP contribution in [0.3, 0.4) is 0 Å². The summed E-state index contributed by atoms with van der Waals surface area (Å²) in [5, 5.41) is 8.30. The van der Waals surface area contributed by atoms with E-state index in [4.69, 9.17) is 14.8 Å². The van der Waals surface area contributed by atoms with Crippen molar-refractivity contribution in [2.24, 2.45) is 5.41 Å². The van der Waals surface area contributed by atoms with Crippen molar-refractivity contribution < 1.29 is 9.53 Å². The molecule has 1 N–H and O–H groups in total. The van der Waals surface area contributed by atoms with Crippen molar-refractivity contribution in [3.8, 4) is 17.1 Å². The Kier molecular flexibility index (Phi) is 4.88. The molecular weight excluding hydrogens is 400 g/mol. The van der Waals surface area contributed by atoms with Gasteiger partial charge in [-0.1, -0.05) is 43.7 Å². The summed E-state index contributed by atoms with van der Waals surface area (Å²) in [6, 6.07) is 15.9. The number of carbonyl (C=O) groups excluding carboxylic acids is 1. The van der Waals surface area contributed by atoms with Crippen molar-refractivity contribution in [2.75, 3.05) is 11.9 Å². The highest BCUT2D eigenvalue weighted by Crippen LogP contribution is 2.45. The van der Waals surface area contributed by atoms with Crippen LogP contribution in [0, 0.1) is 12.3 Å². The van der Waals surface area contributed by atoms with Crippen LogP contribution < -0.4 is 10.1 Å². The number of hydrogen-bond acceptors (Lipinski definition) is 5. The highest BCUT2D eigenvalue weighted by Gasteiger charge is 2.41. The van der Waals surface area contributed by atoms with Gasteiger partial charge in [0.1, 0.15) is 11.8 Å². The van der Waals surface area contributed by atoms with Crippen molar-refractivity contribution >= 4 is 11.7 Å². The molecule has 1 aromatic heterocycles. The average molecular weight is 429 g/mol. The van der Waals surface area contributed by atoms with Gasteiger partial charge in [-0.2, -0.15) is 4.98 Å². The van der Waals surface area contributed by atoms with Gasteiger partial charge in [0, 0.05) is 23.3 Å². The number of nitrogens with zero attached hydrogens (tertiary/aromatic N) is 3. The molecule has 164 valence electrons. The Balaban J connectivity index is 1.61. The van der Waals surface area contributed by atoms with Crippen LogP contribution in [0.1, 0.15) is 50.8 Å². The molecule has 5 rings (SSSR count). The van der Waals surface area contributed by atoms with Gasteiger partial charge in [-0.25, -0.2) is 4.68 Å². The Hall–Kier alpha value is -3.41. The van der Waals surface area contributed by atoms with Crippen molar-refractivity contribution in [2.45, 2.75) is 46.6 Å². The molecule has 0 saturated heterocycles. The van der Waals surface area contributed by atoms with E-state index in [0.29, 0.717) is 24.8 Å². The topological polar surface area (TPSA) is 69.0 Å². The van der Waals surface area contributed by atoms with E-state index in [1.54, 1.807) is 0 Å². The molecular formula is C26H28N4O2. The zero-order valence-electron chi connectivity index (χ0n) is 19.0. The molecule has 1 aliphatic carbocycles. The molecule has 32 heavy (non-hydrogen) atoms. The van der Waals surface area contributed by atoms with Crippen molar-refractivity contribution in [3.63, 3.8) is 0 Å². The first kappa shape index (κ1) is 20.5. The molecule has 1 unspecified atom stereocenters. The summed E-state index contributed by atoms with van der Waals surface area (Å²) in [7, 11) is 0. The Morgan fingerprint density at radius 2 is 1.81 bits per heavy atom. The van der Waals surface area contributed by atoms with E-state index in [-0.39, 0.29) is 17.2 Å². The molecule has 6 nitrogen and oxygen atoms in total. The van der Waals surface area contributed by atoms with Gasteiger partial charge in [-0.3, -0.25) is 4.79 Å². The number of hydrogen-bond donors (Lipinski definition) is 1. The number of fused-ring (bicyclic) bond motifs is 1. The lowest BCUT2D eigenvalue weighted by Gasteiger charge is -2.38. The molecule has 1 atom stereocenters. The molecule has 0 saturated carbocycles. The number of rotatable bonds is 4. The van der Waals surface area contributed by atoms with E-state index in [1.165, 1.54) is 5.56 Å². The summed E-state index contributed by atoms with van der Waals surface area (Å²) in [6.07, 6.45) is 1.34. The zero-order valence-corrected chi connectivity index (χ0v) is 19.0. The fraction of sp³-hybridized carbons (Fsp3) is 0.346. The summed E-state index contributed by atoms with van der Waals surface area (Å²) in [5.41, 5.74) is 4.83. The third-order valence-corrected chi connectivity index (χ3v) is 6.15. The van der Waals surface area contributed by atoms with Crippen molar-refractivity contribution in [3.05, 3.63) is 70.9 Å². The standard InChI is InChI=1S/C26H28N4O2/c1-5-32-19-12-10-18(11-13-19)24-28-25-27-20-14-26(3,4)15-21(31)22(20)23(30(25)29-24)17-8-6-16(2)7-9-17/h6-13,23H,5,14-15H2,1-4H3,(H,27,28,29). The first-order valence-corrected chi connectivity index (χ1v) is 11.1. The van der Waals surface area contributed by atoms with Crippen LogP contribution in [0.25, 0.3) is 11.4 Å². The Morgan fingerprint density at radius 1 is 1.09 bits per heavy atom. The summed E-state index contributed by atoms with van der Waals surface area (Å²) < 4.78 is 7.42. The van der Waals surface area contributed by atoms with Crippen LogP contribution in [0.2, 0.25) is 0 Å². The van der Waals surface area contributed by atoms with E-state index in [2.05, 4.69) is 50.4 Å². The van der Waals surface area contributed by atoms with Gasteiger partial charge < -0.3 is 10.1 Å². The van der Waals surface area contributed by atoms with Crippen molar-refractivity contribution in [1.29, 1.82) is 0 Å². The molecule has 0 bridgehead atoms. The molecule has 0 spiro atoms. The number of nitrogens with one attached hydrogen (secondary N) is 1. The molecule has 2 aliphatic rings. The highest BCUT2D eigenvalue weighted by atomic mass is 16.5. The van der Waals surface area contributed by atoms with Crippen LogP contribution in [0.4, 0.5) is 5.95 Å². The predicted molar refractivity (Wildman–Crippen MR) is 125 cm³/mol. The molecule has 0 fully saturated rings. The second-order valence-electron chi connectivity index (χ2n) is 9.43. The lowest BCUT2D eigenvalue weighted by Crippen LogP contribution is -2.36. The number of anilines is 1. The largest absolute Gasteiger partial charge is 0.494 e. The summed E-state index contributed by atoms with van der Waals surface area (Å²) >= 11 is 0. The minimum atomic E-state index is -0.283. The first-order chi connectivity index (χ1) is 15.3. The normalized spacial score (nSPS) is 19.2. The van der Waals surface area contributed by atoms with E-state index < -0.39 is 0 Å². The van der Waals surface area contributed by atoms with Gasteiger partial charge in [0.2, 0.25) is 5.95 Å². The van der Waals surface area contributed by atoms with Crippen LogP contribution in [-0.2, 0) is 4.79 Å². The molecule has 2 heterocycles. The summed E-state index contributed by atoms with van der Waals surface area (Å²) in [4.78, 5) is 18.1. The number of aromatic nitrogens is 3. The maximum Gasteiger partial charge on any atom is 0.226 e. The van der Waals surface area contributed by atoms with E-state index in [1.807, 2.05) is 35.9 Å². The maximum absolute atomic E-state index is 13.3. The third kappa shape index (κ3) is 3.60. The lowest BCUT2D eigenvalue weighted by molar-refractivity contribution is -0.118. The lowest BCUT2D eigenvalue weighted by atomic mass is 9.73. The van der Waals surface area contributed by atoms with Gasteiger partial charge in [-0.15, -0.1) is 5.10 Å². The maximum atomic E-state index is 13.3. The second-order valence-corrected chi connectivity index (χ2v) is 9.43. The summed E-state index contributed by atoms with van der Waals surface area (Å²) in [6.45, 7) is 8.94. The third-order valence-electron chi connectivity index (χ3n) is 6.15. The molecule has 2 aromatic carbocycles. The minimum Gasteiger partial charge on any atom is -0.494 e. The Bertz CT molecular complexity index is 1200. The number of benzene rings is 2. The number of allylic oxidation sites excluding steroid dienone is 2. The highest BCUT2D eigenvalue weighted by molar-refractivity contribution is 6.00. The number of aryl methyl sites for hydroxylation is 1. The van der Waals surface area contributed by atoms with Crippen molar-refractivity contribution in [1.82, 2.24) is 14.8 Å². The van der Waals surface area contributed by atoms with E-state index in [0.717, 1.165) is 34.6 Å². The zero-order chi connectivity index (χ0) is 22.5. The fourth-order valence-corrected chi connectivity index (χ4v) is 4.66. The molecule has 6 heteroatoms. The van der Waals surface area contributed by atoms with Crippen LogP contribution >= 0.6 is 0 Å². The SMILES string of the molecule is CCOc1ccc(-c2nc3n(n2)C(c2ccc(C)cc2)C2=C(CC(C)(C)CC2=O)N3)cc1.